The number of rotatable bonds is 9. The molecule has 2 nitrogen and oxygen atoms in total. The number of hydrogen-bond acceptors (Lipinski definition) is 1. The summed E-state index contributed by atoms with van der Waals surface area (Å²) in [6, 6.07) is 0. The molecule has 1 amide bonds. The molecule has 0 aromatic rings. The van der Waals surface area contributed by atoms with Crippen molar-refractivity contribution in [3.05, 3.63) is 0 Å². The number of carbonyl (C=O) groups is 1. The zero-order valence-corrected chi connectivity index (χ0v) is 10.8. The Bertz CT molecular complexity index is 187. The number of nitrogens with zero attached hydrogens (tertiary/aromatic N) is 1. The van der Waals surface area contributed by atoms with Crippen LogP contribution in [0.3, 0.4) is 0 Å². The first kappa shape index (κ1) is 13.5. The summed E-state index contributed by atoms with van der Waals surface area (Å²) >= 11 is 0. The molecule has 0 saturated carbocycles. The first-order chi connectivity index (χ1) is 7.84. The lowest BCUT2D eigenvalue weighted by molar-refractivity contribution is -0.134. The van der Waals surface area contributed by atoms with Gasteiger partial charge in [0.2, 0.25) is 5.91 Å². The highest BCUT2D eigenvalue weighted by Crippen LogP contribution is 2.12. The van der Waals surface area contributed by atoms with Crippen LogP contribution in [0.1, 0.15) is 71.1 Å². The van der Waals surface area contributed by atoms with Gasteiger partial charge in [-0.3, -0.25) is 4.79 Å². The van der Waals surface area contributed by atoms with Crippen molar-refractivity contribution in [2.75, 3.05) is 13.1 Å². The predicted molar refractivity (Wildman–Crippen MR) is 68.4 cm³/mol. The fourth-order valence-corrected chi connectivity index (χ4v) is 2.13. The second-order valence-corrected chi connectivity index (χ2v) is 4.96. The average molecular weight is 225 g/mol. The summed E-state index contributed by atoms with van der Waals surface area (Å²) in [5, 5.41) is 0. The third-order valence-electron chi connectivity index (χ3n) is 3.45. The van der Waals surface area contributed by atoms with Gasteiger partial charge in [-0.25, -0.2) is 0 Å². The number of likely N-dealkylation sites (tertiary alicyclic amines) is 1. The maximum atomic E-state index is 11.5. The van der Waals surface area contributed by atoms with Gasteiger partial charge < -0.3 is 4.90 Å². The third-order valence-corrected chi connectivity index (χ3v) is 3.45. The van der Waals surface area contributed by atoms with Crippen LogP contribution < -0.4 is 0 Å². The van der Waals surface area contributed by atoms with Crippen molar-refractivity contribution in [1.29, 1.82) is 0 Å². The maximum Gasteiger partial charge on any atom is 0.222 e. The van der Waals surface area contributed by atoms with E-state index in [1.165, 1.54) is 51.4 Å². The number of carbonyl (C=O) groups excluding carboxylic acids is 1. The molecule has 0 aromatic heterocycles. The van der Waals surface area contributed by atoms with Gasteiger partial charge in [0.15, 0.2) is 0 Å². The molecule has 0 atom stereocenters. The molecule has 0 bridgehead atoms. The van der Waals surface area contributed by atoms with E-state index in [1.807, 2.05) is 4.90 Å². The van der Waals surface area contributed by atoms with E-state index in [0.717, 1.165) is 25.9 Å². The van der Waals surface area contributed by atoms with Gasteiger partial charge >= 0.3 is 0 Å². The molecule has 94 valence electrons. The fourth-order valence-electron chi connectivity index (χ4n) is 2.13. The van der Waals surface area contributed by atoms with Gasteiger partial charge in [-0.15, -0.1) is 0 Å². The Morgan fingerprint density at radius 3 is 2.00 bits per heavy atom. The van der Waals surface area contributed by atoms with E-state index in [-0.39, 0.29) is 0 Å². The maximum absolute atomic E-state index is 11.5. The highest BCUT2D eigenvalue weighted by molar-refractivity contribution is 5.76. The Morgan fingerprint density at radius 1 is 0.938 bits per heavy atom. The van der Waals surface area contributed by atoms with Gasteiger partial charge in [-0.1, -0.05) is 51.9 Å². The molecule has 0 spiro atoms. The second-order valence-electron chi connectivity index (χ2n) is 4.96. The zero-order chi connectivity index (χ0) is 11.6. The standard InChI is InChI=1S/C14H27NO/c1-2-3-4-5-6-7-8-9-11-14(16)15-12-10-13-15/h2-13H2,1H3. The van der Waals surface area contributed by atoms with E-state index in [1.54, 1.807) is 0 Å². The first-order valence-corrected chi connectivity index (χ1v) is 7.12. The van der Waals surface area contributed by atoms with Crippen molar-refractivity contribution in [1.82, 2.24) is 4.90 Å². The molecule has 16 heavy (non-hydrogen) atoms. The SMILES string of the molecule is CCCCCCCCCCC(=O)N1CCC1. The van der Waals surface area contributed by atoms with E-state index < -0.39 is 0 Å². The van der Waals surface area contributed by atoms with Gasteiger partial charge in [0, 0.05) is 19.5 Å². The second kappa shape index (κ2) is 8.60. The number of amides is 1. The van der Waals surface area contributed by atoms with Crippen molar-refractivity contribution >= 4 is 5.91 Å². The summed E-state index contributed by atoms with van der Waals surface area (Å²) < 4.78 is 0. The van der Waals surface area contributed by atoms with Crippen molar-refractivity contribution in [2.24, 2.45) is 0 Å². The lowest BCUT2D eigenvalue weighted by atomic mass is 10.1. The predicted octanol–water partition coefficient (Wildman–Crippen LogP) is 3.75. The highest BCUT2D eigenvalue weighted by Gasteiger charge is 2.18. The quantitative estimate of drug-likeness (QED) is 0.547. The molecule has 1 aliphatic heterocycles. The van der Waals surface area contributed by atoms with Crippen LogP contribution in [0.4, 0.5) is 0 Å². The van der Waals surface area contributed by atoms with Gasteiger partial charge in [-0.2, -0.15) is 0 Å². The molecular weight excluding hydrogens is 198 g/mol. The molecule has 2 heteroatoms. The minimum absolute atomic E-state index is 0.386. The molecule has 1 fully saturated rings. The fraction of sp³-hybridized carbons (Fsp3) is 0.929. The van der Waals surface area contributed by atoms with Crippen molar-refractivity contribution in [3.8, 4) is 0 Å². The lowest BCUT2D eigenvalue weighted by Crippen LogP contribution is -2.41. The summed E-state index contributed by atoms with van der Waals surface area (Å²) in [7, 11) is 0. The van der Waals surface area contributed by atoms with Crippen LogP contribution in [0.25, 0.3) is 0 Å². The van der Waals surface area contributed by atoms with Gasteiger partial charge in [0.1, 0.15) is 0 Å². The van der Waals surface area contributed by atoms with Gasteiger partial charge in [0.25, 0.3) is 0 Å². The highest BCUT2D eigenvalue weighted by atomic mass is 16.2. The summed E-state index contributed by atoms with van der Waals surface area (Å²) in [5.74, 6) is 0.386. The Hall–Kier alpha value is -0.530. The minimum atomic E-state index is 0.386. The third kappa shape index (κ3) is 5.53. The van der Waals surface area contributed by atoms with E-state index in [9.17, 15) is 4.79 Å². The number of hydrogen-bond donors (Lipinski definition) is 0. The van der Waals surface area contributed by atoms with Crippen molar-refractivity contribution < 1.29 is 4.79 Å². The lowest BCUT2D eigenvalue weighted by Gasteiger charge is -2.30. The van der Waals surface area contributed by atoms with E-state index in [0.29, 0.717) is 5.91 Å². The molecule has 0 unspecified atom stereocenters. The first-order valence-electron chi connectivity index (χ1n) is 7.12. The Balaban J connectivity index is 1.79. The molecule has 1 aliphatic rings. The van der Waals surface area contributed by atoms with Gasteiger partial charge in [-0.05, 0) is 12.8 Å². The van der Waals surface area contributed by atoms with E-state index in [4.69, 9.17) is 0 Å². The van der Waals surface area contributed by atoms with Crippen LogP contribution in [0.15, 0.2) is 0 Å². The van der Waals surface area contributed by atoms with Crippen LogP contribution in [0.2, 0.25) is 0 Å². The molecule has 1 heterocycles. The van der Waals surface area contributed by atoms with Crippen molar-refractivity contribution in [3.63, 3.8) is 0 Å². The molecule has 0 aromatic carbocycles. The number of unbranched alkanes of at least 4 members (excludes halogenated alkanes) is 7. The van der Waals surface area contributed by atoms with E-state index in [2.05, 4.69) is 6.92 Å². The topological polar surface area (TPSA) is 20.3 Å². The van der Waals surface area contributed by atoms with Crippen LogP contribution in [-0.2, 0) is 4.79 Å². The van der Waals surface area contributed by atoms with Crippen LogP contribution in [0, 0.1) is 0 Å². The summed E-state index contributed by atoms with van der Waals surface area (Å²) in [4.78, 5) is 13.5. The molecule has 0 N–H and O–H groups in total. The summed E-state index contributed by atoms with van der Waals surface area (Å²) in [6.45, 7) is 4.27. The zero-order valence-electron chi connectivity index (χ0n) is 10.8. The Kier molecular flexibility index (Phi) is 7.28. The molecule has 1 rings (SSSR count). The smallest absolute Gasteiger partial charge is 0.222 e. The Morgan fingerprint density at radius 2 is 1.50 bits per heavy atom. The minimum Gasteiger partial charge on any atom is -0.343 e. The normalized spacial score (nSPS) is 14.9. The van der Waals surface area contributed by atoms with Crippen molar-refractivity contribution in [2.45, 2.75) is 71.1 Å². The van der Waals surface area contributed by atoms with Crippen LogP contribution >= 0.6 is 0 Å². The molecule has 1 saturated heterocycles. The van der Waals surface area contributed by atoms with Gasteiger partial charge in [0.05, 0.1) is 0 Å². The largest absolute Gasteiger partial charge is 0.343 e. The Labute approximate surface area is 100 Å². The molecule has 0 radical (unpaired) electrons. The van der Waals surface area contributed by atoms with Crippen LogP contribution in [-0.4, -0.2) is 23.9 Å². The summed E-state index contributed by atoms with van der Waals surface area (Å²) in [6.07, 6.45) is 12.5. The molecule has 0 aliphatic carbocycles. The van der Waals surface area contributed by atoms with Crippen LogP contribution in [0.5, 0.6) is 0 Å². The average Bonchev–Trinajstić information content (AvgIpc) is 2.19. The summed E-state index contributed by atoms with van der Waals surface area (Å²) in [5.41, 5.74) is 0. The monoisotopic (exact) mass is 225 g/mol. The molecular formula is C14H27NO. The van der Waals surface area contributed by atoms with E-state index >= 15 is 0 Å².